The normalized spacial score (nSPS) is 12.4. The average Bonchev–Trinajstić information content (AvgIpc) is 2.91. The number of aliphatic hydroxyl groups excluding tert-OH is 1. The van der Waals surface area contributed by atoms with Crippen molar-refractivity contribution in [3.8, 4) is 0 Å². The summed E-state index contributed by atoms with van der Waals surface area (Å²) < 4.78 is 5.06. The van der Waals surface area contributed by atoms with Crippen molar-refractivity contribution in [1.82, 2.24) is 0 Å². The number of nitrogens with zero attached hydrogens (tertiary/aromatic N) is 1. The summed E-state index contributed by atoms with van der Waals surface area (Å²) in [4.78, 5) is 2.15. The maximum atomic E-state index is 9.74. The highest BCUT2D eigenvalue weighted by Crippen LogP contribution is 2.21. The lowest BCUT2D eigenvalue weighted by molar-refractivity contribution is 0.173. The molecule has 0 bridgehead atoms. The van der Waals surface area contributed by atoms with Gasteiger partial charge in [-0.1, -0.05) is 19.1 Å². The van der Waals surface area contributed by atoms with Crippen molar-refractivity contribution in [1.29, 1.82) is 0 Å². The molecule has 1 atom stereocenters. The van der Waals surface area contributed by atoms with Crippen molar-refractivity contribution in [2.45, 2.75) is 26.0 Å². The number of rotatable bonds is 5. The van der Waals surface area contributed by atoms with Crippen LogP contribution in [0.15, 0.2) is 47.3 Å². The summed E-state index contributed by atoms with van der Waals surface area (Å²) in [6.07, 6.45) is 3.82. The molecule has 0 amide bonds. The monoisotopic (exact) mass is 245 g/mol. The predicted molar refractivity (Wildman–Crippen MR) is 72.5 cm³/mol. The van der Waals surface area contributed by atoms with Crippen molar-refractivity contribution in [3.05, 3.63) is 54.0 Å². The van der Waals surface area contributed by atoms with Crippen LogP contribution in [0.2, 0.25) is 0 Å². The zero-order valence-electron chi connectivity index (χ0n) is 10.8. The molecule has 0 fully saturated rings. The van der Waals surface area contributed by atoms with Crippen molar-refractivity contribution in [2.75, 3.05) is 11.9 Å². The standard InChI is InChI=1S/C15H19NO2/c1-3-15(17)13-4-6-14(7-5-13)16(2)10-12-8-9-18-11-12/h4-9,11,15,17H,3,10H2,1-2H3/t15-/m1/s1. The largest absolute Gasteiger partial charge is 0.472 e. The first-order valence-electron chi connectivity index (χ1n) is 6.21. The number of anilines is 1. The van der Waals surface area contributed by atoms with Gasteiger partial charge in [-0.2, -0.15) is 0 Å². The Morgan fingerprint density at radius 1 is 1.22 bits per heavy atom. The van der Waals surface area contributed by atoms with Crippen LogP contribution in [0.5, 0.6) is 0 Å². The fourth-order valence-electron chi connectivity index (χ4n) is 1.93. The third kappa shape index (κ3) is 2.93. The van der Waals surface area contributed by atoms with Gasteiger partial charge in [0, 0.05) is 24.8 Å². The fourth-order valence-corrected chi connectivity index (χ4v) is 1.93. The Bertz CT molecular complexity index is 462. The van der Waals surface area contributed by atoms with E-state index in [2.05, 4.69) is 4.90 Å². The quantitative estimate of drug-likeness (QED) is 0.877. The molecule has 0 aliphatic carbocycles. The second-order valence-corrected chi connectivity index (χ2v) is 4.50. The Morgan fingerprint density at radius 3 is 2.50 bits per heavy atom. The van der Waals surface area contributed by atoms with Gasteiger partial charge in [-0.05, 0) is 30.2 Å². The lowest BCUT2D eigenvalue weighted by Gasteiger charge is -2.19. The van der Waals surface area contributed by atoms with Gasteiger partial charge >= 0.3 is 0 Å². The Kier molecular flexibility index (Phi) is 4.05. The molecule has 0 unspecified atom stereocenters. The van der Waals surface area contributed by atoms with E-state index >= 15 is 0 Å². The zero-order valence-corrected chi connectivity index (χ0v) is 10.8. The van der Waals surface area contributed by atoms with Crippen LogP contribution in [0.3, 0.4) is 0 Å². The second-order valence-electron chi connectivity index (χ2n) is 4.50. The van der Waals surface area contributed by atoms with Crippen LogP contribution in [-0.4, -0.2) is 12.2 Å². The fraction of sp³-hybridized carbons (Fsp3) is 0.333. The maximum Gasteiger partial charge on any atom is 0.0952 e. The lowest BCUT2D eigenvalue weighted by Crippen LogP contribution is -2.15. The van der Waals surface area contributed by atoms with Crippen LogP contribution in [0.1, 0.15) is 30.6 Å². The maximum absolute atomic E-state index is 9.74. The van der Waals surface area contributed by atoms with Crippen LogP contribution < -0.4 is 4.90 Å². The summed E-state index contributed by atoms with van der Waals surface area (Å²) in [5.41, 5.74) is 3.25. The average molecular weight is 245 g/mol. The molecule has 2 rings (SSSR count). The van der Waals surface area contributed by atoms with Crippen molar-refractivity contribution >= 4 is 5.69 Å². The smallest absolute Gasteiger partial charge is 0.0952 e. The number of aliphatic hydroxyl groups is 1. The summed E-state index contributed by atoms with van der Waals surface area (Å²) >= 11 is 0. The molecule has 0 spiro atoms. The van der Waals surface area contributed by atoms with Gasteiger partial charge in [0.25, 0.3) is 0 Å². The molecule has 96 valence electrons. The number of benzene rings is 1. The van der Waals surface area contributed by atoms with Gasteiger partial charge < -0.3 is 14.4 Å². The van der Waals surface area contributed by atoms with Gasteiger partial charge in [0.05, 0.1) is 18.6 Å². The molecule has 1 N–H and O–H groups in total. The molecule has 3 nitrogen and oxygen atoms in total. The molecule has 1 aromatic carbocycles. The number of hydrogen-bond acceptors (Lipinski definition) is 3. The van der Waals surface area contributed by atoms with E-state index in [9.17, 15) is 5.11 Å². The molecule has 0 radical (unpaired) electrons. The van der Waals surface area contributed by atoms with E-state index in [0.717, 1.165) is 29.8 Å². The summed E-state index contributed by atoms with van der Waals surface area (Å²) in [7, 11) is 2.04. The van der Waals surface area contributed by atoms with Gasteiger partial charge in [0.15, 0.2) is 0 Å². The van der Waals surface area contributed by atoms with Crippen LogP contribution in [-0.2, 0) is 6.54 Å². The summed E-state index contributed by atoms with van der Waals surface area (Å²) in [6, 6.07) is 10.00. The number of hydrogen-bond donors (Lipinski definition) is 1. The highest BCUT2D eigenvalue weighted by Gasteiger charge is 2.06. The first kappa shape index (κ1) is 12.7. The Labute approximate surface area is 108 Å². The van der Waals surface area contributed by atoms with Crippen LogP contribution in [0, 0.1) is 0 Å². The third-order valence-electron chi connectivity index (χ3n) is 3.11. The minimum atomic E-state index is -0.363. The van der Waals surface area contributed by atoms with E-state index in [0.29, 0.717) is 0 Å². The lowest BCUT2D eigenvalue weighted by atomic mass is 10.1. The van der Waals surface area contributed by atoms with E-state index in [4.69, 9.17) is 4.42 Å². The van der Waals surface area contributed by atoms with Crippen molar-refractivity contribution < 1.29 is 9.52 Å². The SMILES string of the molecule is CC[C@@H](O)c1ccc(N(C)Cc2ccoc2)cc1. The van der Waals surface area contributed by atoms with E-state index in [1.54, 1.807) is 12.5 Å². The molecule has 0 saturated heterocycles. The van der Waals surface area contributed by atoms with Crippen LogP contribution in [0.25, 0.3) is 0 Å². The minimum Gasteiger partial charge on any atom is -0.472 e. The summed E-state index contributed by atoms with van der Waals surface area (Å²) in [5.74, 6) is 0. The Balaban J connectivity index is 2.04. The Hall–Kier alpha value is -1.74. The van der Waals surface area contributed by atoms with E-state index in [-0.39, 0.29) is 6.10 Å². The number of furan rings is 1. The van der Waals surface area contributed by atoms with Gasteiger partial charge in [-0.15, -0.1) is 0 Å². The molecular formula is C15H19NO2. The first-order chi connectivity index (χ1) is 8.70. The van der Waals surface area contributed by atoms with E-state index in [1.807, 2.05) is 44.3 Å². The second kappa shape index (κ2) is 5.74. The molecule has 1 heterocycles. The highest BCUT2D eigenvalue weighted by molar-refractivity contribution is 5.47. The first-order valence-corrected chi connectivity index (χ1v) is 6.21. The molecule has 1 aromatic heterocycles. The molecule has 3 heteroatoms. The van der Waals surface area contributed by atoms with Gasteiger partial charge in [0.2, 0.25) is 0 Å². The minimum absolute atomic E-state index is 0.363. The third-order valence-corrected chi connectivity index (χ3v) is 3.11. The van der Waals surface area contributed by atoms with Crippen molar-refractivity contribution in [2.24, 2.45) is 0 Å². The van der Waals surface area contributed by atoms with E-state index < -0.39 is 0 Å². The Morgan fingerprint density at radius 2 is 1.94 bits per heavy atom. The van der Waals surface area contributed by atoms with Gasteiger partial charge in [-0.25, -0.2) is 0 Å². The van der Waals surface area contributed by atoms with Crippen molar-refractivity contribution in [3.63, 3.8) is 0 Å². The highest BCUT2D eigenvalue weighted by atomic mass is 16.3. The van der Waals surface area contributed by atoms with Gasteiger partial charge in [-0.3, -0.25) is 0 Å². The van der Waals surface area contributed by atoms with Crippen LogP contribution >= 0.6 is 0 Å². The molecular weight excluding hydrogens is 226 g/mol. The van der Waals surface area contributed by atoms with Crippen LogP contribution in [0.4, 0.5) is 5.69 Å². The molecule has 0 aliphatic heterocycles. The topological polar surface area (TPSA) is 36.6 Å². The summed E-state index contributed by atoms with van der Waals surface area (Å²) in [6.45, 7) is 2.79. The molecule has 2 aromatic rings. The predicted octanol–water partition coefficient (Wildman–Crippen LogP) is 3.36. The molecule has 0 aliphatic rings. The van der Waals surface area contributed by atoms with Gasteiger partial charge in [0.1, 0.15) is 0 Å². The van der Waals surface area contributed by atoms with E-state index in [1.165, 1.54) is 0 Å². The zero-order chi connectivity index (χ0) is 13.0. The molecule has 0 saturated carbocycles. The summed E-state index contributed by atoms with van der Waals surface area (Å²) in [5, 5.41) is 9.74. The molecule has 18 heavy (non-hydrogen) atoms.